The fraction of sp³-hybridized carbons (Fsp3) is 0.300. The van der Waals surface area contributed by atoms with Crippen LogP contribution in [0, 0.1) is 19.8 Å². The van der Waals surface area contributed by atoms with Crippen molar-refractivity contribution in [3.63, 3.8) is 0 Å². The molecule has 0 bridgehead atoms. The molecule has 138 valence electrons. The average Bonchev–Trinajstić information content (AvgIpc) is 3.10. The van der Waals surface area contributed by atoms with E-state index in [0.29, 0.717) is 37.1 Å². The summed E-state index contributed by atoms with van der Waals surface area (Å²) in [6.07, 6.45) is 4.08. The molecule has 1 aliphatic rings. The number of hydrogen-bond acceptors (Lipinski definition) is 5. The van der Waals surface area contributed by atoms with Crippen LogP contribution in [0.15, 0.2) is 47.2 Å². The van der Waals surface area contributed by atoms with Gasteiger partial charge >= 0.3 is 6.03 Å². The number of aromatic nitrogens is 3. The molecule has 3 heterocycles. The summed E-state index contributed by atoms with van der Waals surface area (Å²) in [5, 5.41) is 6.95. The standard InChI is InChI=1S/C20H21N5O2/c1-13-5-6-17(8-14(13)2)22-20(26)25-11-15(12-25)9-18-23-19(24-27-18)16-4-3-7-21-10-16/h3-8,10,15H,9,11-12H2,1-2H3,(H,22,26). The maximum absolute atomic E-state index is 12.3. The van der Waals surface area contributed by atoms with Crippen LogP contribution >= 0.6 is 0 Å². The Labute approximate surface area is 157 Å². The van der Waals surface area contributed by atoms with E-state index in [4.69, 9.17) is 4.52 Å². The van der Waals surface area contributed by atoms with Crippen molar-refractivity contribution in [2.75, 3.05) is 18.4 Å². The predicted molar refractivity (Wildman–Crippen MR) is 101 cm³/mol. The number of carbonyl (C=O) groups excluding carboxylic acids is 1. The van der Waals surface area contributed by atoms with E-state index >= 15 is 0 Å². The highest BCUT2D eigenvalue weighted by molar-refractivity contribution is 5.90. The molecule has 0 unspecified atom stereocenters. The van der Waals surface area contributed by atoms with Gasteiger partial charge in [-0.3, -0.25) is 4.98 Å². The number of pyridine rings is 1. The first-order chi connectivity index (χ1) is 13.1. The van der Waals surface area contributed by atoms with Gasteiger partial charge in [0.05, 0.1) is 0 Å². The van der Waals surface area contributed by atoms with Gasteiger partial charge in [-0.2, -0.15) is 4.98 Å². The molecule has 0 spiro atoms. The van der Waals surface area contributed by atoms with E-state index in [2.05, 4.69) is 27.4 Å². The molecule has 1 N–H and O–H groups in total. The van der Waals surface area contributed by atoms with E-state index in [1.807, 2.05) is 37.3 Å². The van der Waals surface area contributed by atoms with Crippen molar-refractivity contribution in [1.29, 1.82) is 0 Å². The lowest BCUT2D eigenvalue weighted by Gasteiger charge is -2.38. The molecule has 0 saturated carbocycles. The Morgan fingerprint density at radius 1 is 1.26 bits per heavy atom. The van der Waals surface area contributed by atoms with Crippen LogP contribution in [0.3, 0.4) is 0 Å². The number of benzene rings is 1. The smallest absolute Gasteiger partial charge is 0.321 e. The van der Waals surface area contributed by atoms with Crippen LogP contribution in [-0.4, -0.2) is 39.1 Å². The van der Waals surface area contributed by atoms with Crippen molar-refractivity contribution >= 4 is 11.7 Å². The van der Waals surface area contributed by atoms with E-state index in [9.17, 15) is 4.79 Å². The second kappa shape index (κ2) is 7.19. The van der Waals surface area contributed by atoms with Crippen molar-refractivity contribution in [3.05, 3.63) is 59.7 Å². The predicted octanol–water partition coefficient (Wildman–Crippen LogP) is 3.45. The summed E-state index contributed by atoms with van der Waals surface area (Å²) in [5.41, 5.74) is 4.03. The second-order valence-electron chi connectivity index (χ2n) is 6.96. The molecule has 4 rings (SSSR count). The van der Waals surface area contributed by atoms with E-state index in [0.717, 1.165) is 16.8 Å². The van der Waals surface area contributed by atoms with Gasteiger partial charge in [-0.25, -0.2) is 4.79 Å². The van der Waals surface area contributed by atoms with Crippen LogP contribution in [-0.2, 0) is 6.42 Å². The lowest BCUT2D eigenvalue weighted by Crippen LogP contribution is -2.52. The summed E-state index contributed by atoms with van der Waals surface area (Å²) < 4.78 is 5.33. The van der Waals surface area contributed by atoms with Gasteiger partial charge in [-0.05, 0) is 49.2 Å². The molecular weight excluding hydrogens is 342 g/mol. The highest BCUT2D eigenvalue weighted by atomic mass is 16.5. The number of carbonyl (C=O) groups is 1. The molecule has 27 heavy (non-hydrogen) atoms. The maximum Gasteiger partial charge on any atom is 0.321 e. The lowest BCUT2D eigenvalue weighted by atomic mass is 9.97. The number of hydrogen-bond donors (Lipinski definition) is 1. The number of rotatable bonds is 4. The minimum Gasteiger partial charge on any atom is -0.339 e. The number of nitrogens with zero attached hydrogens (tertiary/aromatic N) is 4. The Morgan fingerprint density at radius 3 is 2.85 bits per heavy atom. The Balaban J connectivity index is 1.29. The Bertz CT molecular complexity index is 948. The van der Waals surface area contributed by atoms with Gasteiger partial charge in [-0.15, -0.1) is 0 Å². The maximum atomic E-state index is 12.3. The van der Waals surface area contributed by atoms with Gasteiger partial charge < -0.3 is 14.7 Å². The fourth-order valence-corrected chi connectivity index (χ4v) is 3.08. The minimum atomic E-state index is -0.0731. The third kappa shape index (κ3) is 3.81. The van der Waals surface area contributed by atoms with Crippen LogP contribution < -0.4 is 5.32 Å². The summed E-state index contributed by atoms with van der Waals surface area (Å²) in [5.74, 6) is 1.47. The van der Waals surface area contributed by atoms with Gasteiger partial charge in [0.25, 0.3) is 0 Å². The second-order valence-corrected chi connectivity index (χ2v) is 6.96. The minimum absolute atomic E-state index is 0.0731. The molecule has 1 aromatic carbocycles. The zero-order valence-corrected chi connectivity index (χ0v) is 15.3. The SMILES string of the molecule is Cc1ccc(NC(=O)N2CC(Cc3nc(-c4cccnc4)no3)C2)cc1C. The highest BCUT2D eigenvalue weighted by Crippen LogP contribution is 2.23. The Hall–Kier alpha value is -3.22. The first kappa shape index (κ1) is 17.2. The van der Waals surface area contributed by atoms with Crippen LogP contribution in [0.5, 0.6) is 0 Å². The number of urea groups is 1. The van der Waals surface area contributed by atoms with E-state index in [1.165, 1.54) is 5.56 Å². The quantitative estimate of drug-likeness (QED) is 0.767. The third-order valence-corrected chi connectivity index (χ3v) is 4.85. The number of anilines is 1. The Kier molecular flexibility index (Phi) is 4.58. The molecule has 7 heteroatoms. The molecule has 1 saturated heterocycles. The zero-order valence-electron chi connectivity index (χ0n) is 15.3. The zero-order chi connectivity index (χ0) is 18.8. The molecule has 7 nitrogen and oxygen atoms in total. The van der Waals surface area contributed by atoms with Gasteiger partial charge in [0.1, 0.15) is 0 Å². The fourth-order valence-electron chi connectivity index (χ4n) is 3.08. The summed E-state index contributed by atoms with van der Waals surface area (Å²) in [4.78, 5) is 22.6. The van der Waals surface area contributed by atoms with Crippen LogP contribution in [0.25, 0.3) is 11.4 Å². The van der Waals surface area contributed by atoms with Crippen LogP contribution in [0.1, 0.15) is 17.0 Å². The van der Waals surface area contributed by atoms with Crippen molar-refractivity contribution < 1.29 is 9.32 Å². The number of nitrogens with one attached hydrogen (secondary N) is 1. The van der Waals surface area contributed by atoms with E-state index < -0.39 is 0 Å². The molecule has 0 aliphatic carbocycles. The monoisotopic (exact) mass is 363 g/mol. The lowest BCUT2D eigenvalue weighted by molar-refractivity contribution is 0.125. The highest BCUT2D eigenvalue weighted by Gasteiger charge is 2.32. The summed E-state index contributed by atoms with van der Waals surface area (Å²) >= 11 is 0. The third-order valence-electron chi connectivity index (χ3n) is 4.85. The molecule has 0 radical (unpaired) electrons. The van der Waals surface area contributed by atoms with Crippen molar-refractivity contribution in [2.45, 2.75) is 20.3 Å². The van der Waals surface area contributed by atoms with Gasteiger partial charge in [0, 0.05) is 49.1 Å². The van der Waals surface area contributed by atoms with E-state index in [1.54, 1.807) is 17.3 Å². The van der Waals surface area contributed by atoms with Crippen molar-refractivity contribution in [2.24, 2.45) is 5.92 Å². The molecule has 1 fully saturated rings. The topological polar surface area (TPSA) is 84.2 Å². The molecule has 3 aromatic rings. The normalized spacial score (nSPS) is 14.1. The molecule has 1 aliphatic heterocycles. The van der Waals surface area contributed by atoms with Crippen LogP contribution in [0.2, 0.25) is 0 Å². The van der Waals surface area contributed by atoms with Gasteiger partial charge in [0.2, 0.25) is 11.7 Å². The first-order valence-corrected chi connectivity index (χ1v) is 8.94. The van der Waals surface area contributed by atoms with Crippen molar-refractivity contribution in [3.8, 4) is 11.4 Å². The number of aryl methyl sites for hydroxylation is 2. The van der Waals surface area contributed by atoms with Crippen molar-refractivity contribution in [1.82, 2.24) is 20.0 Å². The molecular formula is C20H21N5O2. The van der Waals surface area contributed by atoms with Gasteiger partial charge in [-0.1, -0.05) is 11.2 Å². The average molecular weight is 363 g/mol. The van der Waals surface area contributed by atoms with Gasteiger partial charge in [0.15, 0.2) is 0 Å². The summed E-state index contributed by atoms with van der Waals surface area (Å²) in [7, 11) is 0. The first-order valence-electron chi connectivity index (χ1n) is 8.94. The van der Waals surface area contributed by atoms with Crippen LogP contribution in [0.4, 0.5) is 10.5 Å². The van der Waals surface area contributed by atoms with E-state index in [-0.39, 0.29) is 6.03 Å². The largest absolute Gasteiger partial charge is 0.339 e. The molecule has 0 atom stereocenters. The molecule has 2 amide bonds. The molecule has 2 aromatic heterocycles. The Morgan fingerprint density at radius 2 is 2.11 bits per heavy atom. The number of amides is 2. The summed E-state index contributed by atoms with van der Waals surface area (Å²) in [6, 6.07) is 9.58. The summed E-state index contributed by atoms with van der Waals surface area (Å²) in [6.45, 7) is 5.45. The number of likely N-dealkylation sites (tertiary alicyclic amines) is 1.